The fourth-order valence-electron chi connectivity index (χ4n) is 4.54. The van der Waals surface area contributed by atoms with Crippen LogP contribution in [0.3, 0.4) is 0 Å². The van der Waals surface area contributed by atoms with Gasteiger partial charge in [0.2, 0.25) is 5.91 Å². The van der Waals surface area contributed by atoms with Gasteiger partial charge in [0, 0.05) is 43.7 Å². The number of benzene rings is 1. The van der Waals surface area contributed by atoms with Crippen molar-refractivity contribution < 1.29 is 4.79 Å². The second kappa shape index (κ2) is 9.58. The highest BCUT2D eigenvalue weighted by molar-refractivity contribution is 14.2. The molecule has 0 atom stereocenters. The summed E-state index contributed by atoms with van der Waals surface area (Å²) < 4.78 is 4.41. The van der Waals surface area contributed by atoms with Crippen LogP contribution in [-0.2, 0) is 4.79 Å². The summed E-state index contributed by atoms with van der Waals surface area (Å²) in [6, 6.07) is 6.29. The molecule has 2 aliphatic heterocycles. The zero-order chi connectivity index (χ0) is 24.6. The molecule has 6 rings (SSSR count). The number of pyridine rings is 1. The molecule has 1 amide bonds. The van der Waals surface area contributed by atoms with E-state index in [2.05, 4.69) is 68.6 Å². The first-order valence-electron chi connectivity index (χ1n) is 12.0. The van der Waals surface area contributed by atoms with Gasteiger partial charge in [0.25, 0.3) is 0 Å². The van der Waals surface area contributed by atoms with Crippen LogP contribution in [0.4, 0.5) is 5.69 Å². The minimum Gasteiger partial charge on any atom is -0.366 e. The molecule has 4 aromatic rings. The summed E-state index contributed by atoms with van der Waals surface area (Å²) in [7, 11) is 2.15. The van der Waals surface area contributed by atoms with Gasteiger partial charge in [-0.15, -0.1) is 0 Å². The molecule has 2 aliphatic rings. The van der Waals surface area contributed by atoms with E-state index in [4.69, 9.17) is 4.98 Å². The van der Waals surface area contributed by atoms with Crippen molar-refractivity contribution in [3.05, 3.63) is 52.0 Å². The average Bonchev–Trinajstić information content (AvgIpc) is 3.53. The number of likely N-dealkylation sites (N-methyl/N-ethyl adjacent to an activating group) is 1. The summed E-state index contributed by atoms with van der Waals surface area (Å²) in [5.41, 5.74) is 7.73. The highest BCUT2D eigenvalue weighted by Gasteiger charge is 2.20. The van der Waals surface area contributed by atoms with E-state index in [1.165, 1.54) is 0 Å². The zero-order valence-electron chi connectivity index (χ0n) is 20.2. The number of anilines is 1. The number of fused-ring (bicyclic) bond motifs is 2. The molecule has 0 saturated carbocycles. The van der Waals surface area contributed by atoms with Crippen LogP contribution in [0.1, 0.15) is 18.9 Å². The third-order valence-electron chi connectivity index (χ3n) is 6.62. The Kier molecular flexibility index (Phi) is 6.13. The fraction of sp³-hybridized carbons (Fsp3) is 0.269. The molecule has 184 valence electrons. The Bertz CT molecular complexity index is 1550. The van der Waals surface area contributed by atoms with Crippen LogP contribution in [0.15, 0.2) is 46.4 Å². The van der Waals surface area contributed by atoms with Crippen molar-refractivity contribution >= 4 is 63.8 Å². The maximum Gasteiger partial charge on any atom is 0.224 e. The van der Waals surface area contributed by atoms with E-state index in [1.54, 1.807) is 0 Å². The van der Waals surface area contributed by atoms with Gasteiger partial charge in [0.15, 0.2) is 5.82 Å². The minimum absolute atomic E-state index is 0.0330. The maximum atomic E-state index is 11.9. The number of amides is 1. The molecule has 1 fully saturated rings. The SMILES string of the molecule is CCC(=O)NC1=CC(c2ccc3[nH]nc(-c4nc5c(N6CCN(C)CC6)cncc5[nH]4)c3c2)=CI=C1. The lowest BCUT2D eigenvalue weighted by atomic mass is 10.0. The van der Waals surface area contributed by atoms with Crippen LogP contribution in [-0.4, -0.2) is 73.2 Å². The van der Waals surface area contributed by atoms with Gasteiger partial charge in [-0.25, -0.2) is 4.98 Å². The van der Waals surface area contributed by atoms with Crippen molar-refractivity contribution in [2.75, 3.05) is 38.1 Å². The number of aromatic nitrogens is 5. The van der Waals surface area contributed by atoms with Crippen LogP contribution < -0.4 is 10.2 Å². The summed E-state index contributed by atoms with van der Waals surface area (Å²) >= 11 is -0.268. The summed E-state index contributed by atoms with van der Waals surface area (Å²) in [5.74, 6) is 0.757. The Morgan fingerprint density at radius 1 is 1.17 bits per heavy atom. The van der Waals surface area contributed by atoms with E-state index in [0.29, 0.717) is 6.42 Å². The van der Waals surface area contributed by atoms with E-state index >= 15 is 0 Å². The first kappa shape index (κ1) is 23.0. The average molecular weight is 594 g/mol. The van der Waals surface area contributed by atoms with Gasteiger partial charge in [-0.1, -0.05) is 33.7 Å². The lowest BCUT2D eigenvalue weighted by Gasteiger charge is -2.33. The fourth-order valence-corrected chi connectivity index (χ4v) is 6.37. The Morgan fingerprint density at radius 3 is 2.86 bits per heavy atom. The predicted octanol–water partition coefficient (Wildman–Crippen LogP) is 3.79. The highest BCUT2D eigenvalue weighted by atomic mass is 127. The van der Waals surface area contributed by atoms with E-state index in [-0.39, 0.29) is 26.6 Å². The topological polar surface area (TPSA) is 106 Å². The molecule has 0 radical (unpaired) electrons. The molecule has 5 heterocycles. The second-order valence-corrected chi connectivity index (χ2v) is 11.0. The molecule has 36 heavy (non-hydrogen) atoms. The van der Waals surface area contributed by atoms with Gasteiger partial charge in [-0.2, -0.15) is 5.10 Å². The minimum atomic E-state index is -0.268. The molecule has 1 saturated heterocycles. The van der Waals surface area contributed by atoms with E-state index < -0.39 is 0 Å². The number of nitrogens with one attached hydrogen (secondary N) is 3. The number of halogens is 1. The molecule has 10 heteroatoms. The monoisotopic (exact) mass is 594 g/mol. The number of hydrogen-bond donors (Lipinski definition) is 3. The van der Waals surface area contributed by atoms with E-state index in [0.717, 1.165) is 82.2 Å². The summed E-state index contributed by atoms with van der Waals surface area (Å²) in [6.45, 7) is 5.82. The Labute approximate surface area is 218 Å². The number of aromatic amines is 2. The normalized spacial score (nSPS) is 16.7. The number of allylic oxidation sites excluding steroid dienone is 3. The van der Waals surface area contributed by atoms with Crippen LogP contribution in [0.5, 0.6) is 0 Å². The van der Waals surface area contributed by atoms with Crippen LogP contribution in [0.25, 0.3) is 39.0 Å². The molecule has 0 unspecified atom stereocenters. The molecular weight excluding hydrogens is 567 g/mol. The second-order valence-electron chi connectivity index (χ2n) is 9.06. The van der Waals surface area contributed by atoms with Gasteiger partial charge in [0.05, 0.1) is 29.1 Å². The number of nitrogens with zero attached hydrogens (tertiary/aromatic N) is 5. The summed E-state index contributed by atoms with van der Waals surface area (Å²) in [4.78, 5) is 29.5. The van der Waals surface area contributed by atoms with Crippen LogP contribution in [0.2, 0.25) is 0 Å². The third kappa shape index (κ3) is 4.35. The lowest BCUT2D eigenvalue weighted by Crippen LogP contribution is -2.44. The zero-order valence-corrected chi connectivity index (χ0v) is 22.3. The molecule has 3 aromatic heterocycles. The van der Waals surface area contributed by atoms with Gasteiger partial charge in [-0.3, -0.25) is 14.9 Å². The first-order chi connectivity index (χ1) is 17.6. The van der Waals surface area contributed by atoms with Gasteiger partial charge >= 0.3 is 0 Å². The van der Waals surface area contributed by atoms with E-state index in [9.17, 15) is 4.79 Å². The maximum absolute atomic E-state index is 11.9. The molecule has 3 N–H and O–H groups in total. The molecule has 0 aliphatic carbocycles. The van der Waals surface area contributed by atoms with Crippen molar-refractivity contribution in [3.8, 4) is 11.5 Å². The van der Waals surface area contributed by atoms with Crippen molar-refractivity contribution in [2.45, 2.75) is 13.3 Å². The Hall–Kier alpha value is -3.38. The van der Waals surface area contributed by atoms with Gasteiger partial charge in [0.1, 0.15) is 11.2 Å². The third-order valence-corrected chi connectivity index (χ3v) is 8.68. The van der Waals surface area contributed by atoms with Gasteiger partial charge in [-0.05, 0) is 44.5 Å². The van der Waals surface area contributed by atoms with Crippen molar-refractivity contribution in [2.24, 2.45) is 0 Å². The van der Waals surface area contributed by atoms with Crippen molar-refractivity contribution in [3.63, 3.8) is 0 Å². The number of piperazine rings is 1. The summed E-state index contributed by atoms with van der Waals surface area (Å²) in [6.07, 6.45) is 6.26. The Morgan fingerprint density at radius 2 is 2.03 bits per heavy atom. The van der Waals surface area contributed by atoms with Crippen LogP contribution >= 0.6 is 20.7 Å². The molecule has 0 spiro atoms. The molecule has 0 bridgehead atoms. The number of carbonyl (C=O) groups excluding carboxylic acids is 1. The number of H-pyrrole nitrogens is 2. The van der Waals surface area contributed by atoms with Gasteiger partial charge < -0.3 is 20.1 Å². The Balaban J connectivity index is 1.36. The van der Waals surface area contributed by atoms with Crippen molar-refractivity contribution in [1.29, 1.82) is 0 Å². The lowest BCUT2D eigenvalue weighted by molar-refractivity contribution is -0.119. The molecular formula is C26H27IN8O. The standard InChI is InChI=1S/C26H27IN8O/c1-3-23(36)29-18-10-17(12-27-13-18)16-4-5-20-19(11-16)24(33-32-20)26-30-21-14-28-15-22(25(21)31-26)35-8-6-34(2)7-9-35/h4-5,10-15H,3,6-9H2,1-2H3,(H,29,36)(H,30,31)(H,32,33). The van der Waals surface area contributed by atoms with Crippen molar-refractivity contribution in [1.82, 2.24) is 35.4 Å². The predicted molar refractivity (Wildman–Crippen MR) is 153 cm³/mol. The number of hydrogen-bond acceptors (Lipinski definition) is 6. The highest BCUT2D eigenvalue weighted by Crippen LogP contribution is 2.33. The van der Waals surface area contributed by atoms with E-state index in [1.807, 2.05) is 25.4 Å². The summed E-state index contributed by atoms with van der Waals surface area (Å²) in [5, 5.41) is 11.8. The smallest absolute Gasteiger partial charge is 0.224 e. The molecule has 1 aromatic carbocycles. The number of carbonyl (C=O) groups is 1. The first-order valence-corrected chi connectivity index (χ1v) is 14.5. The van der Waals surface area contributed by atoms with Crippen LogP contribution in [0, 0.1) is 0 Å². The number of rotatable bonds is 5. The molecule has 9 nitrogen and oxygen atoms in total. The quantitative estimate of drug-likeness (QED) is 0.304. The largest absolute Gasteiger partial charge is 0.366 e. The number of imidazole rings is 1.